The maximum Gasteiger partial charge on any atom is 0.256 e. The molecule has 1 aliphatic rings. The highest BCUT2D eigenvalue weighted by Gasteiger charge is 2.42. The number of nitrogens with two attached hydrogens (primary N) is 1. The Bertz CT molecular complexity index is 588. The lowest BCUT2D eigenvalue weighted by molar-refractivity contribution is -0.148. The van der Waals surface area contributed by atoms with E-state index < -0.39 is 11.5 Å². The first-order chi connectivity index (χ1) is 11.9. The van der Waals surface area contributed by atoms with Gasteiger partial charge in [0, 0.05) is 12.3 Å². The Balaban J connectivity index is 2.03. The second-order valence-corrected chi connectivity index (χ2v) is 6.78. The zero-order valence-electron chi connectivity index (χ0n) is 15.0. The minimum atomic E-state index is -0.741. The average molecular weight is 348 g/mol. The molecule has 0 spiro atoms. The molecule has 2 rings (SSSR count). The Labute approximate surface area is 149 Å². The minimum absolute atomic E-state index is 0.0849. The number of hydrogen-bond acceptors (Lipinski definition) is 4. The predicted molar refractivity (Wildman–Crippen MR) is 96.4 cm³/mol. The van der Waals surface area contributed by atoms with Crippen LogP contribution in [0.1, 0.15) is 46.0 Å². The topological polar surface area (TPSA) is 90.7 Å². The molecule has 2 amide bonds. The minimum Gasteiger partial charge on any atom is -0.484 e. The molecule has 1 fully saturated rings. The molecule has 0 aliphatic heterocycles. The molecule has 1 aromatic rings. The molecule has 2 atom stereocenters. The van der Waals surface area contributed by atoms with E-state index in [9.17, 15) is 9.59 Å². The van der Waals surface area contributed by atoms with Gasteiger partial charge >= 0.3 is 0 Å². The molecule has 3 N–H and O–H groups in total. The van der Waals surface area contributed by atoms with E-state index in [1.54, 1.807) is 24.3 Å². The number of rotatable bonds is 8. The van der Waals surface area contributed by atoms with E-state index in [1.807, 2.05) is 6.92 Å². The van der Waals surface area contributed by atoms with E-state index >= 15 is 0 Å². The van der Waals surface area contributed by atoms with Crippen LogP contribution in [0.3, 0.4) is 0 Å². The van der Waals surface area contributed by atoms with Gasteiger partial charge in [-0.05, 0) is 55.9 Å². The maximum absolute atomic E-state index is 12.9. The Morgan fingerprint density at radius 2 is 2.04 bits per heavy atom. The van der Waals surface area contributed by atoms with E-state index in [2.05, 4.69) is 12.2 Å². The van der Waals surface area contributed by atoms with Crippen molar-refractivity contribution in [2.75, 3.05) is 18.5 Å². The van der Waals surface area contributed by atoms with Crippen LogP contribution in [-0.4, -0.2) is 30.6 Å². The summed E-state index contributed by atoms with van der Waals surface area (Å²) in [5.41, 5.74) is 4.98. The van der Waals surface area contributed by atoms with Crippen LogP contribution in [0.2, 0.25) is 0 Å². The number of anilines is 1. The predicted octanol–water partition coefficient (Wildman–Crippen LogP) is 2.86. The molecular weight excluding hydrogens is 320 g/mol. The SMILES string of the molecule is CCCO[C@]1(C(=O)Nc2ccc(OCC(N)=O)cc2)CCC[C@H](C)C1. The van der Waals surface area contributed by atoms with Gasteiger partial charge in [-0.25, -0.2) is 0 Å². The number of amides is 2. The number of primary amides is 1. The molecule has 0 aromatic heterocycles. The van der Waals surface area contributed by atoms with Crippen molar-refractivity contribution >= 4 is 17.5 Å². The third-order valence-corrected chi connectivity index (χ3v) is 4.45. The average Bonchev–Trinajstić information content (AvgIpc) is 2.59. The smallest absolute Gasteiger partial charge is 0.256 e. The molecule has 138 valence electrons. The first-order valence-corrected chi connectivity index (χ1v) is 8.92. The summed E-state index contributed by atoms with van der Waals surface area (Å²) in [5.74, 6) is 0.387. The Morgan fingerprint density at radius 3 is 2.64 bits per heavy atom. The number of ether oxygens (including phenoxy) is 2. The monoisotopic (exact) mass is 348 g/mol. The summed E-state index contributed by atoms with van der Waals surface area (Å²) < 4.78 is 11.2. The van der Waals surface area contributed by atoms with Gasteiger partial charge in [-0.1, -0.05) is 20.3 Å². The lowest BCUT2D eigenvalue weighted by Crippen LogP contribution is -2.48. The van der Waals surface area contributed by atoms with Crippen LogP contribution in [0.5, 0.6) is 5.75 Å². The highest BCUT2D eigenvalue weighted by atomic mass is 16.5. The molecule has 6 nitrogen and oxygen atoms in total. The largest absolute Gasteiger partial charge is 0.484 e. The summed E-state index contributed by atoms with van der Waals surface area (Å²) in [7, 11) is 0. The first kappa shape index (κ1) is 19.2. The fourth-order valence-corrected chi connectivity index (χ4v) is 3.24. The molecule has 1 saturated carbocycles. The molecule has 0 radical (unpaired) electrons. The lowest BCUT2D eigenvalue weighted by Gasteiger charge is -2.38. The van der Waals surface area contributed by atoms with Gasteiger partial charge in [0.25, 0.3) is 11.8 Å². The lowest BCUT2D eigenvalue weighted by atomic mass is 9.78. The number of carbonyl (C=O) groups excluding carboxylic acids is 2. The van der Waals surface area contributed by atoms with Crippen molar-refractivity contribution in [3.05, 3.63) is 24.3 Å². The number of hydrogen-bond donors (Lipinski definition) is 2. The molecule has 0 heterocycles. The van der Waals surface area contributed by atoms with Crippen LogP contribution in [-0.2, 0) is 14.3 Å². The summed E-state index contributed by atoms with van der Waals surface area (Å²) in [5, 5.41) is 2.96. The van der Waals surface area contributed by atoms with Gasteiger partial charge in [-0.15, -0.1) is 0 Å². The third-order valence-electron chi connectivity index (χ3n) is 4.45. The van der Waals surface area contributed by atoms with Crippen molar-refractivity contribution in [1.82, 2.24) is 0 Å². The Hall–Kier alpha value is -2.08. The fraction of sp³-hybridized carbons (Fsp3) is 0.579. The van der Waals surface area contributed by atoms with Crippen molar-refractivity contribution in [3.63, 3.8) is 0 Å². The van der Waals surface area contributed by atoms with Gasteiger partial charge in [-0.3, -0.25) is 9.59 Å². The van der Waals surface area contributed by atoms with Crippen molar-refractivity contribution < 1.29 is 19.1 Å². The van der Waals surface area contributed by atoms with Crippen LogP contribution in [0.15, 0.2) is 24.3 Å². The zero-order valence-corrected chi connectivity index (χ0v) is 15.0. The third kappa shape index (κ3) is 5.46. The van der Waals surface area contributed by atoms with Crippen molar-refractivity contribution in [3.8, 4) is 5.75 Å². The molecule has 0 bridgehead atoms. The van der Waals surface area contributed by atoms with Gasteiger partial charge in [-0.2, -0.15) is 0 Å². The van der Waals surface area contributed by atoms with E-state index in [1.165, 1.54) is 0 Å². The standard InChI is InChI=1S/C19H28N2O4/c1-3-11-25-19(10-4-5-14(2)12-19)18(23)21-15-6-8-16(9-7-15)24-13-17(20)22/h6-9,14H,3-5,10-13H2,1-2H3,(H2,20,22)(H,21,23)/t14-,19+/m0/s1. The summed E-state index contributed by atoms with van der Waals surface area (Å²) in [6, 6.07) is 6.88. The fourth-order valence-electron chi connectivity index (χ4n) is 3.24. The molecular formula is C19H28N2O4. The van der Waals surface area contributed by atoms with Crippen molar-refractivity contribution in [2.24, 2.45) is 11.7 Å². The van der Waals surface area contributed by atoms with E-state index in [4.69, 9.17) is 15.2 Å². The number of benzene rings is 1. The highest BCUT2D eigenvalue weighted by Crippen LogP contribution is 2.36. The molecule has 1 aromatic carbocycles. The summed E-state index contributed by atoms with van der Waals surface area (Å²) in [6.45, 7) is 4.63. The van der Waals surface area contributed by atoms with Crippen molar-refractivity contribution in [2.45, 2.75) is 51.6 Å². The van der Waals surface area contributed by atoms with Gasteiger partial charge in [0.2, 0.25) is 0 Å². The van der Waals surface area contributed by atoms with Crippen molar-refractivity contribution in [1.29, 1.82) is 0 Å². The number of nitrogens with one attached hydrogen (secondary N) is 1. The van der Waals surface area contributed by atoms with Crippen LogP contribution in [0, 0.1) is 5.92 Å². The Kier molecular flexibility index (Phi) is 6.82. The molecule has 6 heteroatoms. The Morgan fingerprint density at radius 1 is 1.32 bits per heavy atom. The molecule has 1 aliphatic carbocycles. The van der Waals surface area contributed by atoms with Gasteiger partial charge < -0.3 is 20.5 Å². The second-order valence-electron chi connectivity index (χ2n) is 6.78. The first-order valence-electron chi connectivity index (χ1n) is 8.92. The summed E-state index contributed by atoms with van der Waals surface area (Å²) in [4.78, 5) is 23.6. The maximum atomic E-state index is 12.9. The highest BCUT2D eigenvalue weighted by molar-refractivity contribution is 5.97. The summed E-state index contributed by atoms with van der Waals surface area (Å²) in [6.07, 6.45) is 4.52. The quantitative estimate of drug-likeness (QED) is 0.756. The second kappa shape index (κ2) is 8.85. The normalized spacial score (nSPS) is 23.0. The van der Waals surface area contributed by atoms with Crippen LogP contribution < -0.4 is 15.8 Å². The molecule has 0 unspecified atom stereocenters. The van der Waals surface area contributed by atoms with Crippen LogP contribution in [0.4, 0.5) is 5.69 Å². The van der Waals surface area contributed by atoms with Gasteiger partial charge in [0.1, 0.15) is 11.4 Å². The van der Waals surface area contributed by atoms with E-state index in [-0.39, 0.29) is 12.5 Å². The van der Waals surface area contributed by atoms with E-state index in [0.29, 0.717) is 24.0 Å². The number of carbonyl (C=O) groups is 2. The van der Waals surface area contributed by atoms with Gasteiger partial charge in [0.15, 0.2) is 6.61 Å². The molecule has 25 heavy (non-hydrogen) atoms. The van der Waals surface area contributed by atoms with Crippen LogP contribution in [0.25, 0.3) is 0 Å². The van der Waals surface area contributed by atoms with E-state index in [0.717, 1.165) is 32.1 Å². The van der Waals surface area contributed by atoms with Crippen LogP contribution >= 0.6 is 0 Å². The summed E-state index contributed by atoms with van der Waals surface area (Å²) >= 11 is 0. The van der Waals surface area contributed by atoms with Gasteiger partial charge in [0.05, 0.1) is 0 Å². The molecule has 0 saturated heterocycles. The zero-order chi connectivity index (χ0) is 18.3.